The third-order valence-corrected chi connectivity index (χ3v) is 2.81. The van der Waals surface area contributed by atoms with Crippen LogP contribution < -0.4 is 5.73 Å². The lowest BCUT2D eigenvalue weighted by Crippen LogP contribution is -2.12. The van der Waals surface area contributed by atoms with Gasteiger partial charge in [0.1, 0.15) is 5.82 Å². The second-order valence-electron chi connectivity index (χ2n) is 6.12. The molecule has 0 unspecified atom stereocenters. The van der Waals surface area contributed by atoms with Crippen molar-refractivity contribution in [1.82, 2.24) is 9.97 Å². The molecular weight excluding hydrogens is 210 g/mol. The molecule has 1 aromatic heterocycles. The van der Waals surface area contributed by atoms with Crippen molar-refractivity contribution < 1.29 is 0 Å². The van der Waals surface area contributed by atoms with Gasteiger partial charge in [-0.3, -0.25) is 0 Å². The fraction of sp³-hybridized carbons (Fsp3) is 0.714. The zero-order valence-corrected chi connectivity index (χ0v) is 11.7. The topological polar surface area (TPSA) is 51.8 Å². The number of nitrogens with two attached hydrogens (primary N) is 1. The van der Waals surface area contributed by atoms with E-state index in [4.69, 9.17) is 5.73 Å². The SMILES string of the molecule is CC(C)c1nc(CCC(C)(C)C)ncc1CN. The maximum Gasteiger partial charge on any atom is 0.128 e. The molecule has 3 heteroatoms. The van der Waals surface area contributed by atoms with E-state index in [9.17, 15) is 0 Å². The lowest BCUT2D eigenvalue weighted by Gasteiger charge is -2.18. The van der Waals surface area contributed by atoms with Gasteiger partial charge in [-0.15, -0.1) is 0 Å². The predicted octanol–water partition coefficient (Wildman–Crippen LogP) is 3.04. The number of nitrogens with zero attached hydrogens (tertiary/aromatic N) is 2. The van der Waals surface area contributed by atoms with Gasteiger partial charge in [0.2, 0.25) is 0 Å². The first kappa shape index (κ1) is 14.1. The molecule has 0 atom stereocenters. The summed E-state index contributed by atoms with van der Waals surface area (Å²) >= 11 is 0. The van der Waals surface area contributed by atoms with Gasteiger partial charge in [-0.2, -0.15) is 0 Å². The summed E-state index contributed by atoms with van der Waals surface area (Å²) in [6, 6.07) is 0. The quantitative estimate of drug-likeness (QED) is 0.872. The van der Waals surface area contributed by atoms with Gasteiger partial charge in [-0.1, -0.05) is 34.6 Å². The highest BCUT2D eigenvalue weighted by atomic mass is 14.9. The average molecular weight is 235 g/mol. The van der Waals surface area contributed by atoms with Crippen molar-refractivity contribution in [3.05, 3.63) is 23.3 Å². The Morgan fingerprint density at radius 3 is 2.41 bits per heavy atom. The van der Waals surface area contributed by atoms with Crippen LogP contribution in [-0.2, 0) is 13.0 Å². The van der Waals surface area contributed by atoms with Crippen LogP contribution in [0, 0.1) is 5.41 Å². The van der Waals surface area contributed by atoms with Gasteiger partial charge >= 0.3 is 0 Å². The van der Waals surface area contributed by atoms with E-state index >= 15 is 0 Å². The minimum Gasteiger partial charge on any atom is -0.326 e. The molecule has 0 saturated heterocycles. The molecule has 1 rings (SSSR count). The van der Waals surface area contributed by atoms with E-state index < -0.39 is 0 Å². The normalized spacial score (nSPS) is 12.2. The van der Waals surface area contributed by atoms with Gasteiger partial charge in [0, 0.05) is 24.7 Å². The molecule has 17 heavy (non-hydrogen) atoms. The maximum absolute atomic E-state index is 5.70. The molecule has 0 saturated carbocycles. The first-order valence-corrected chi connectivity index (χ1v) is 6.38. The van der Waals surface area contributed by atoms with Crippen LogP contribution in [0.15, 0.2) is 6.20 Å². The number of aromatic nitrogens is 2. The van der Waals surface area contributed by atoms with E-state index in [1.165, 1.54) is 0 Å². The Labute approximate surface area is 105 Å². The maximum atomic E-state index is 5.70. The van der Waals surface area contributed by atoms with Gasteiger partial charge in [0.15, 0.2) is 0 Å². The fourth-order valence-corrected chi connectivity index (χ4v) is 1.72. The Kier molecular flexibility index (Phi) is 4.63. The summed E-state index contributed by atoms with van der Waals surface area (Å²) in [6.45, 7) is 11.5. The minimum atomic E-state index is 0.327. The van der Waals surface area contributed by atoms with Gasteiger partial charge < -0.3 is 5.73 Å². The average Bonchev–Trinajstić information content (AvgIpc) is 2.25. The Hall–Kier alpha value is -0.960. The van der Waals surface area contributed by atoms with Crippen molar-refractivity contribution in [2.45, 2.75) is 59.9 Å². The molecule has 1 heterocycles. The fourth-order valence-electron chi connectivity index (χ4n) is 1.72. The summed E-state index contributed by atoms with van der Waals surface area (Å²) in [6.07, 6.45) is 3.93. The van der Waals surface area contributed by atoms with Crippen molar-refractivity contribution in [2.75, 3.05) is 0 Å². The van der Waals surface area contributed by atoms with Crippen LogP contribution in [0.5, 0.6) is 0 Å². The first-order chi connectivity index (χ1) is 7.83. The Balaban J connectivity index is 2.85. The number of aryl methyl sites for hydroxylation is 1. The van der Waals surface area contributed by atoms with Crippen molar-refractivity contribution in [3.8, 4) is 0 Å². The number of rotatable bonds is 4. The standard InChI is InChI=1S/C14H25N3/c1-10(2)13-11(8-15)9-16-12(17-13)6-7-14(3,4)5/h9-10H,6-8,15H2,1-5H3. The monoisotopic (exact) mass is 235 g/mol. The molecule has 3 nitrogen and oxygen atoms in total. The van der Waals surface area contributed by atoms with Crippen LogP contribution in [0.2, 0.25) is 0 Å². The van der Waals surface area contributed by atoms with Crippen molar-refractivity contribution in [3.63, 3.8) is 0 Å². The smallest absolute Gasteiger partial charge is 0.128 e. The van der Waals surface area contributed by atoms with E-state index in [1.807, 2.05) is 6.20 Å². The van der Waals surface area contributed by atoms with Gasteiger partial charge in [0.25, 0.3) is 0 Å². The highest BCUT2D eigenvalue weighted by Gasteiger charge is 2.13. The van der Waals surface area contributed by atoms with Crippen molar-refractivity contribution in [2.24, 2.45) is 11.1 Å². The van der Waals surface area contributed by atoms with Crippen molar-refractivity contribution >= 4 is 0 Å². The zero-order chi connectivity index (χ0) is 13.1. The third kappa shape index (κ3) is 4.43. The molecule has 96 valence electrons. The molecule has 0 spiro atoms. The molecular formula is C14H25N3. The molecule has 0 aromatic carbocycles. The van der Waals surface area contributed by atoms with Crippen LogP contribution in [0.4, 0.5) is 0 Å². The first-order valence-electron chi connectivity index (χ1n) is 6.38. The van der Waals surface area contributed by atoms with Crippen LogP contribution in [0.1, 0.15) is 64.0 Å². The molecule has 2 N–H and O–H groups in total. The highest BCUT2D eigenvalue weighted by Crippen LogP contribution is 2.21. The number of hydrogen-bond acceptors (Lipinski definition) is 3. The third-order valence-electron chi connectivity index (χ3n) is 2.81. The van der Waals surface area contributed by atoms with E-state index in [-0.39, 0.29) is 0 Å². The van der Waals surface area contributed by atoms with Gasteiger partial charge in [-0.25, -0.2) is 9.97 Å². The van der Waals surface area contributed by atoms with E-state index in [1.54, 1.807) is 0 Å². The lowest BCUT2D eigenvalue weighted by atomic mass is 9.90. The second kappa shape index (κ2) is 5.58. The molecule has 0 fully saturated rings. The zero-order valence-electron chi connectivity index (χ0n) is 11.7. The summed E-state index contributed by atoms with van der Waals surface area (Å²) in [5, 5.41) is 0. The summed E-state index contributed by atoms with van der Waals surface area (Å²) in [5.41, 5.74) is 8.20. The van der Waals surface area contributed by atoms with Crippen molar-refractivity contribution in [1.29, 1.82) is 0 Å². The molecule has 0 aliphatic carbocycles. The summed E-state index contributed by atoms with van der Waals surface area (Å²) in [5.74, 6) is 1.35. The molecule has 0 bridgehead atoms. The van der Waals surface area contributed by atoms with Crippen LogP contribution in [0.3, 0.4) is 0 Å². The molecule has 0 aliphatic heterocycles. The van der Waals surface area contributed by atoms with Gasteiger partial charge in [0.05, 0.1) is 5.69 Å². The van der Waals surface area contributed by atoms with E-state index in [0.717, 1.165) is 29.9 Å². The minimum absolute atomic E-state index is 0.327. The Morgan fingerprint density at radius 1 is 1.29 bits per heavy atom. The molecule has 0 amide bonds. The van der Waals surface area contributed by atoms with Crippen LogP contribution in [-0.4, -0.2) is 9.97 Å². The lowest BCUT2D eigenvalue weighted by molar-refractivity contribution is 0.374. The Morgan fingerprint density at radius 2 is 1.94 bits per heavy atom. The van der Waals surface area contributed by atoms with Gasteiger partial charge in [-0.05, 0) is 17.8 Å². The van der Waals surface area contributed by atoms with E-state index in [0.29, 0.717) is 17.9 Å². The largest absolute Gasteiger partial charge is 0.326 e. The second-order valence-corrected chi connectivity index (χ2v) is 6.12. The molecule has 0 aliphatic rings. The number of hydrogen-bond donors (Lipinski definition) is 1. The van der Waals surface area contributed by atoms with E-state index in [2.05, 4.69) is 44.6 Å². The summed E-state index contributed by atoms with van der Waals surface area (Å²) in [4.78, 5) is 9.06. The summed E-state index contributed by atoms with van der Waals surface area (Å²) in [7, 11) is 0. The molecule has 1 aromatic rings. The predicted molar refractivity (Wildman–Crippen MR) is 71.8 cm³/mol. The molecule has 0 radical (unpaired) electrons. The summed E-state index contributed by atoms with van der Waals surface area (Å²) < 4.78 is 0. The van der Waals surface area contributed by atoms with Crippen LogP contribution >= 0.6 is 0 Å². The Bertz CT molecular complexity index is 364. The highest BCUT2D eigenvalue weighted by molar-refractivity contribution is 5.20. The van der Waals surface area contributed by atoms with Crippen LogP contribution in [0.25, 0.3) is 0 Å².